The molecular formula is C31H45N7O2. The van der Waals surface area contributed by atoms with Gasteiger partial charge in [-0.1, -0.05) is 43.2 Å². The Balaban J connectivity index is 0.000000184. The Labute approximate surface area is 237 Å². The van der Waals surface area contributed by atoms with Crippen molar-refractivity contribution in [3.63, 3.8) is 0 Å². The first-order valence-electron chi connectivity index (χ1n) is 15.0. The lowest BCUT2D eigenvalue weighted by atomic mass is 9.69. The molecule has 2 saturated carbocycles. The van der Waals surface area contributed by atoms with Crippen molar-refractivity contribution in [1.82, 2.24) is 19.4 Å². The van der Waals surface area contributed by atoms with Gasteiger partial charge in [-0.15, -0.1) is 0 Å². The molecule has 4 N–H and O–H groups in total. The Kier molecular flexibility index (Phi) is 9.00. The molecule has 2 saturated heterocycles. The number of anilines is 1. The van der Waals surface area contributed by atoms with E-state index in [1.165, 1.54) is 31.2 Å². The number of carbonyl (C=O) groups is 1. The van der Waals surface area contributed by atoms with Gasteiger partial charge in [0.2, 0.25) is 6.41 Å². The summed E-state index contributed by atoms with van der Waals surface area (Å²) in [5.41, 5.74) is 7.82. The molecule has 1 aromatic carbocycles. The van der Waals surface area contributed by atoms with Gasteiger partial charge in [0.1, 0.15) is 5.82 Å². The Morgan fingerprint density at radius 1 is 1.12 bits per heavy atom. The van der Waals surface area contributed by atoms with Crippen molar-refractivity contribution in [2.24, 2.45) is 17.1 Å². The molecule has 3 heterocycles. The summed E-state index contributed by atoms with van der Waals surface area (Å²) in [6.07, 6.45) is 14.1. The SMILES string of the molecule is CN1CCC(Cn2cnc(NC3CC3)c(C=N)c2=O)C2(CCCC2)C1.NC1CCN(C=O)C(c2ccccc2)C1. The number of rotatable bonds is 7. The van der Waals surface area contributed by atoms with Crippen LogP contribution in [0.25, 0.3) is 0 Å². The average Bonchev–Trinajstić information content (AvgIpc) is 3.67. The van der Waals surface area contributed by atoms with E-state index in [2.05, 4.69) is 34.4 Å². The zero-order valence-electron chi connectivity index (χ0n) is 23.8. The van der Waals surface area contributed by atoms with Crippen LogP contribution in [0.5, 0.6) is 0 Å². The first-order valence-corrected chi connectivity index (χ1v) is 15.0. The van der Waals surface area contributed by atoms with Gasteiger partial charge in [-0.2, -0.15) is 0 Å². The minimum absolute atomic E-state index is 0.0692. The van der Waals surface area contributed by atoms with Crippen LogP contribution in [0, 0.1) is 16.7 Å². The van der Waals surface area contributed by atoms with Gasteiger partial charge in [0.25, 0.3) is 5.56 Å². The summed E-state index contributed by atoms with van der Waals surface area (Å²) >= 11 is 0. The molecule has 1 amide bonds. The summed E-state index contributed by atoms with van der Waals surface area (Å²) in [6.45, 7) is 3.76. The zero-order chi connectivity index (χ0) is 28.1. The molecule has 0 bridgehead atoms. The van der Waals surface area contributed by atoms with Crippen LogP contribution in [-0.4, -0.2) is 70.7 Å². The van der Waals surface area contributed by atoms with Gasteiger partial charge in [0, 0.05) is 37.9 Å². The van der Waals surface area contributed by atoms with E-state index in [-0.39, 0.29) is 17.6 Å². The molecule has 4 fully saturated rings. The van der Waals surface area contributed by atoms with Gasteiger partial charge in [0.15, 0.2) is 0 Å². The Bertz CT molecular complexity index is 1210. The van der Waals surface area contributed by atoms with Gasteiger partial charge >= 0.3 is 0 Å². The van der Waals surface area contributed by atoms with Crippen molar-refractivity contribution in [2.75, 3.05) is 32.0 Å². The van der Waals surface area contributed by atoms with E-state index in [9.17, 15) is 9.59 Å². The molecule has 6 rings (SSSR count). The summed E-state index contributed by atoms with van der Waals surface area (Å²) < 4.78 is 1.76. The number of nitrogens with one attached hydrogen (secondary N) is 2. The highest BCUT2D eigenvalue weighted by Crippen LogP contribution is 2.48. The number of amides is 1. The molecule has 40 heavy (non-hydrogen) atoms. The number of carbonyl (C=O) groups excluding carboxylic acids is 1. The molecule has 0 radical (unpaired) electrons. The van der Waals surface area contributed by atoms with Crippen LogP contribution < -0.4 is 16.6 Å². The lowest BCUT2D eigenvalue weighted by Gasteiger charge is -2.45. The van der Waals surface area contributed by atoms with E-state index in [1.807, 2.05) is 23.1 Å². The molecule has 1 aromatic heterocycles. The molecule has 3 unspecified atom stereocenters. The third-order valence-corrected chi connectivity index (χ3v) is 9.47. The number of hydrogen-bond acceptors (Lipinski definition) is 7. The second kappa shape index (κ2) is 12.6. The highest BCUT2D eigenvalue weighted by molar-refractivity contribution is 5.83. The van der Waals surface area contributed by atoms with Gasteiger partial charge in [-0.3, -0.25) is 14.2 Å². The van der Waals surface area contributed by atoms with Crippen LogP contribution >= 0.6 is 0 Å². The predicted octanol–water partition coefficient (Wildman–Crippen LogP) is 3.63. The van der Waals surface area contributed by atoms with Crippen LogP contribution in [0.3, 0.4) is 0 Å². The minimum atomic E-state index is -0.0692. The zero-order valence-corrected chi connectivity index (χ0v) is 23.8. The minimum Gasteiger partial charge on any atom is -0.367 e. The van der Waals surface area contributed by atoms with Crippen LogP contribution in [-0.2, 0) is 11.3 Å². The lowest BCUT2D eigenvalue weighted by Crippen LogP contribution is -2.48. The Hall–Kier alpha value is -3.04. The van der Waals surface area contributed by atoms with Gasteiger partial charge in [-0.05, 0) is 75.4 Å². The number of aromatic nitrogens is 2. The molecule has 2 aromatic rings. The summed E-state index contributed by atoms with van der Waals surface area (Å²) in [7, 11) is 2.22. The Morgan fingerprint density at radius 2 is 1.88 bits per heavy atom. The number of benzene rings is 1. The number of hydrogen-bond donors (Lipinski definition) is 3. The monoisotopic (exact) mass is 547 g/mol. The number of nitrogens with two attached hydrogens (primary N) is 1. The van der Waals surface area contributed by atoms with E-state index < -0.39 is 0 Å². The highest BCUT2D eigenvalue weighted by atomic mass is 16.1. The maximum atomic E-state index is 12.9. The van der Waals surface area contributed by atoms with E-state index in [4.69, 9.17) is 11.1 Å². The third-order valence-electron chi connectivity index (χ3n) is 9.47. The lowest BCUT2D eigenvalue weighted by molar-refractivity contribution is -0.121. The van der Waals surface area contributed by atoms with Gasteiger partial charge in [0.05, 0.1) is 17.9 Å². The first kappa shape index (κ1) is 28.5. The smallest absolute Gasteiger partial charge is 0.264 e. The quantitative estimate of drug-likeness (QED) is 0.360. The fourth-order valence-corrected chi connectivity index (χ4v) is 7.04. The summed E-state index contributed by atoms with van der Waals surface area (Å²) in [5, 5.41) is 10.9. The maximum Gasteiger partial charge on any atom is 0.264 e. The average molecular weight is 548 g/mol. The van der Waals surface area contributed by atoms with Crippen LogP contribution in [0.2, 0.25) is 0 Å². The summed E-state index contributed by atoms with van der Waals surface area (Å²) in [6, 6.07) is 10.9. The molecule has 9 heteroatoms. The molecule has 2 aliphatic carbocycles. The maximum absolute atomic E-state index is 12.9. The topological polar surface area (TPSA) is 120 Å². The first-order chi connectivity index (χ1) is 19.4. The van der Waals surface area contributed by atoms with Crippen molar-refractivity contribution in [3.05, 3.63) is 58.1 Å². The van der Waals surface area contributed by atoms with Crippen molar-refractivity contribution < 1.29 is 4.79 Å². The van der Waals surface area contributed by atoms with Crippen molar-refractivity contribution in [3.8, 4) is 0 Å². The summed E-state index contributed by atoms with van der Waals surface area (Å²) in [5.74, 6) is 1.12. The van der Waals surface area contributed by atoms with E-state index in [0.29, 0.717) is 28.8 Å². The van der Waals surface area contributed by atoms with Crippen molar-refractivity contribution in [2.45, 2.75) is 82.5 Å². The van der Waals surface area contributed by atoms with Gasteiger partial charge < -0.3 is 26.3 Å². The van der Waals surface area contributed by atoms with E-state index >= 15 is 0 Å². The molecule has 2 aliphatic heterocycles. The molecular weight excluding hydrogens is 502 g/mol. The highest BCUT2D eigenvalue weighted by Gasteiger charge is 2.44. The third kappa shape index (κ3) is 6.47. The predicted molar refractivity (Wildman–Crippen MR) is 159 cm³/mol. The molecule has 9 nitrogen and oxygen atoms in total. The van der Waals surface area contributed by atoms with E-state index in [0.717, 1.165) is 70.9 Å². The largest absolute Gasteiger partial charge is 0.367 e. The number of piperidine rings is 2. The molecule has 4 aliphatic rings. The normalized spacial score (nSPS) is 26.1. The number of likely N-dealkylation sites (tertiary alicyclic amines) is 2. The van der Waals surface area contributed by atoms with Gasteiger partial charge in [-0.25, -0.2) is 4.98 Å². The number of nitrogens with zero attached hydrogens (tertiary/aromatic N) is 4. The van der Waals surface area contributed by atoms with Crippen LogP contribution in [0.1, 0.15) is 75.0 Å². The van der Waals surface area contributed by atoms with Crippen LogP contribution in [0.4, 0.5) is 5.82 Å². The Morgan fingerprint density at radius 3 is 2.55 bits per heavy atom. The molecule has 216 valence electrons. The fraction of sp³-hybridized carbons (Fsp3) is 0.613. The van der Waals surface area contributed by atoms with Crippen molar-refractivity contribution in [1.29, 1.82) is 5.41 Å². The fourth-order valence-electron chi connectivity index (χ4n) is 7.04. The van der Waals surface area contributed by atoms with Crippen LogP contribution in [0.15, 0.2) is 41.5 Å². The molecule has 1 spiro atoms. The summed E-state index contributed by atoms with van der Waals surface area (Å²) in [4.78, 5) is 32.6. The second-order valence-corrected chi connectivity index (χ2v) is 12.4. The molecule has 3 atom stereocenters. The standard InChI is InChI=1S/C19H29N5O.C12H16N2O/c1-23-9-6-14(19(12-23)7-2-3-8-19)11-24-13-21-17(22-15-4-5-15)16(10-20)18(24)25;13-11-6-7-14(9-15)12(8-11)10-4-2-1-3-5-10/h10,13-15,20,22H,2-9,11-12H2,1H3;1-5,9,11-12H,6-8,13H2. The van der Waals surface area contributed by atoms with Crippen molar-refractivity contribution >= 4 is 18.4 Å². The second-order valence-electron chi connectivity index (χ2n) is 12.4. The van der Waals surface area contributed by atoms with E-state index in [1.54, 1.807) is 10.9 Å².